The fraction of sp³-hybridized carbons (Fsp3) is 0.200. The summed E-state index contributed by atoms with van der Waals surface area (Å²) in [6, 6.07) is 12.8. The average Bonchev–Trinajstić information content (AvgIpc) is 3.14. The summed E-state index contributed by atoms with van der Waals surface area (Å²) in [5, 5.41) is 11.4. The van der Waals surface area contributed by atoms with E-state index in [1.807, 2.05) is 6.92 Å². The number of benzene rings is 2. The largest absolute Gasteiger partial charge is 0.465 e. The third-order valence-corrected chi connectivity index (χ3v) is 5.01. The molecule has 0 bridgehead atoms. The van der Waals surface area contributed by atoms with Crippen LogP contribution in [0.2, 0.25) is 0 Å². The number of hydrogen-bond acceptors (Lipinski definition) is 6. The van der Waals surface area contributed by atoms with Gasteiger partial charge in [0, 0.05) is 12.2 Å². The fourth-order valence-electron chi connectivity index (χ4n) is 2.69. The van der Waals surface area contributed by atoms with E-state index < -0.39 is 5.97 Å². The maximum absolute atomic E-state index is 14.1. The average molecular weight is 414 g/mol. The van der Waals surface area contributed by atoms with Crippen molar-refractivity contribution < 1.29 is 18.7 Å². The first kappa shape index (κ1) is 20.5. The molecule has 2 aromatic carbocycles. The number of thioether (sulfide) groups is 1. The van der Waals surface area contributed by atoms with Crippen LogP contribution in [0.15, 0.2) is 53.7 Å². The van der Waals surface area contributed by atoms with E-state index in [-0.39, 0.29) is 17.5 Å². The van der Waals surface area contributed by atoms with Crippen molar-refractivity contribution in [3.8, 4) is 11.4 Å². The lowest BCUT2D eigenvalue weighted by atomic mass is 10.2. The summed E-state index contributed by atoms with van der Waals surface area (Å²) in [5.41, 5.74) is 1.19. The summed E-state index contributed by atoms with van der Waals surface area (Å²) in [4.78, 5) is 23.9. The Morgan fingerprint density at radius 1 is 1.17 bits per heavy atom. The first-order valence-corrected chi connectivity index (χ1v) is 9.81. The van der Waals surface area contributed by atoms with Crippen LogP contribution in [0.3, 0.4) is 0 Å². The zero-order valence-corrected chi connectivity index (χ0v) is 16.7. The van der Waals surface area contributed by atoms with Gasteiger partial charge in [0.1, 0.15) is 5.82 Å². The minimum absolute atomic E-state index is 0.0812. The van der Waals surface area contributed by atoms with E-state index in [4.69, 9.17) is 0 Å². The molecule has 9 heteroatoms. The third-order valence-electron chi connectivity index (χ3n) is 4.05. The Bertz CT molecular complexity index is 1040. The molecule has 0 fully saturated rings. The molecule has 0 aliphatic carbocycles. The molecule has 1 N–H and O–H groups in total. The zero-order chi connectivity index (χ0) is 20.8. The van der Waals surface area contributed by atoms with Crippen molar-refractivity contribution in [2.45, 2.75) is 18.6 Å². The Balaban J connectivity index is 1.68. The van der Waals surface area contributed by atoms with Crippen LogP contribution >= 0.6 is 11.8 Å². The van der Waals surface area contributed by atoms with Crippen molar-refractivity contribution in [3.63, 3.8) is 0 Å². The molecule has 0 aliphatic heterocycles. The highest BCUT2D eigenvalue weighted by Crippen LogP contribution is 2.26. The first-order valence-electron chi connectivity index (χ1n) is 8.82. The molecular weight excluding hydrogens is 395 g/mol. The molecule has 0 aliphatic rings. The number of halogens is 1. The van der Waals surface area contributed by atoms with E-state index in [0.717, 1.165) is 0 Å². The number of amides is 1. The van der Waals surface area contributed by atoms with Crippen molar-refractivity contribution in [2.75, 3.05) is 18.2 Å². The molecule has 0 saturated carbocycles. The highest BCUT2D eigenvalue weighted by atomic mass is 32.2. The number of esters is 1. The Morgan fingerprint density at radius 3 is 2.69 bits per heavy atom. The molecule has 1 heterocycles. The van der Waals surface area contributed by atoms with Crippen LogP contribution in [-0.2, 0) is 16.1 Å². The highest BCUT2D eigenvalue weighted by molar-refractivity contribution is 7.99. The van der Waals surface area contributed by atoms with Gasteiger partial charge in [-0.2, -0.15) is 0 Å². The van der Waals surface area contributed by atoms with E-state index in [9.17, 15) is 14.0 Å². The van der Waals surface area contributed by atoms with Crippen LogP contribution in [0.4, 0.5) is 10.1 Å². The van der Waals surface area contributed by atoms with E-state index in [0.29, 0.717) is 34.3 Å². The van der Waals surface area contributed by atoms with Crippen LogP contribution in [-0.4, -0.2) is 39.5 Å². The molecule has 7 nitrogen and oxygen atoms in total. The van der Waals surface area contributed by atoms with Crippen molar-refractivity contribution in [1.29, 1.82) is 0 Å². The van der Waals surface area contributed by atoms with Crippen molar-refractivity contribution in [2.24, 2.45) is 0 Å². The van der Waals surface area contributed by atoms with Gasteiger partial charge in [-0.1, -0.05) is 30.0 Å². The molecule has 0 atom stereocenters. The SMILES string of the molecule is CCn1c(SCC(=O)Nc2cccc(C(=O)OC)c2)nnc1-c1ccccc1F. The van der Waals surface area contributed by atoms with Crippen LogP contribution in [0.25, 0.3) is 11.4 Å². The van der Waals surface area contributed by atoms with E-state index in [1.165, 1.54) is 24.9 Å². The summed E-state index contributed by atoms with van der Waals surface area (Å²) < 4.78 is 20.5. The van der Waals surface area contributed by atoms with Gasteiger partial charge in [-0.25, -0.2) is 9.18 Å². The topological polar surface area (TPSA) is 86.1 Å². The van der Waals surface area contributed by atoms with Gasteiger partial charge in [-0.05, 0) is 37.3 Å². The highest BCUT2D eigenvalue weighted by Gasteiger charge is 2.17. The molecule has 29 heavy (non-hydrogen) atoms. The number of carbonyl (C=O) groups is 2. The van der Waals surface area contributed by atoms with E-state index >= 15 is 0 Å². The minimum Gasteiger partial charge on any atom is -0.465 e. The number of anilines is 1. The molecule has 150 valence electrons. The summed E-state index contributed by atoms with van der Waals surface area (Å²) in [5.74, 6) is -0.631. The predicted molar refractivity (Wildman–Crippen MR) is 108 cm³/mol. The van der Waals surface area contributed by atoms with Gasteiger partial charge in [0.2, 0.25) is 5.91 Å². The van der Waals surface area contributed by atoms with Gasteiger partial charge < -0.3 is 14.6 Å². The number of nitrogens with one attached hydrogen (secondary N) is 1. The molecule has 0 radical (unpaired) electrons. The van der Waals surface area contributed by atoms with Gasteiger partial charge in [0.25, 0.3) is 0 Å². The molecule has 0 spiro atoms. The van der Waals surface area contributed by atoms with Gasteiger partial charge in [-0.3, -0.25) is 4.79 Å². The fourth-order valence-corrected chi connectivity index (χ4v) is 3.49. The van der Waals surface area contributed by atoms with E-state index in [2.05, 4.69) is 20.3 Å². The molecular formula is C20H19FN4O3S. The van der Waals surface area contributed by atoms with Gasteiger partial charge in [0.05, 0.1) is 24.0 Å². The van der Waals surface area contributed by atoms with Crippen LogP contribution in [0.1, 0.15) is 17.3 Å². The predicted octanol–water partition coefficient (Wildman–Crippen LogP) is 3.62. The van der Waals surface area contributed by atoms with Gasteiger partial charge >= 0.3 is 5.97 Å². The molecule has 3 rings (SSSR count). The Hall–Kier alpha value is -3.20. The zero-order valence-electron chi connectivity index (χ0n) is 15.9. The Morgan fingerprint density at radius 2 is 1.97 bits per heavy atom. The lowest BCUT2D eigenvalue weighted by Crippen LogP contribution is -2.15. The van der Waals surface area contributed by atoms with Crippen LogP contribution < -0.4 is 5.32 Å². The molecule has 1 aromatic heterocycles. The normalized spacial score (nSPS) is 10.6. The lowest BCUT2D eigenvalue weighted by molar-refractivity contribution is -0.113. The second-order valence-electron chi connectivity index (χ2n) is 5.94. The number of ether oxygens (including phenoxy) is 1. The monoisotopic (exact) mass is 414 g/mol. The number of aromatic nitrogens is 3. The molecule has 0 unspecified atom stereocenters. The molecule has 0 saturated heterocycles. The maximum Gasteiger partial charge on any atom is 0.337 e. The van der Waals surface area contributed by atoms with Gasteiger partial charge in [0.15, 0.2) is 11.0 Å². The second kappa shape index (κ2) is 9.33. The van der Waals surface area contributed by atoms with Crippen molar-refractivity contribution >= 4 is 29.3 Å². The smallest absolute Gasteiger partial charge is 0.337 e. The number of hydrogen-bond donors (Lipinski definition) is 1. The van der Waals surface area contributed by atoms with Gasteiger partial charge in [-0.15, -0.1) is 10.2 Å². The second-order valence-corrected chi connectivity index (χ2v) is 6.88. The summed E-state index contributed by atoms with van der Waals surface area (Å²) in [6.45, 7) is 2.43. The number of nitrogens with zero attached hydrogens (tertiary/aromatic N) is 3. The summed E-state index contributed by atoms with van der Waals surface area (Å²) in [7, 11) is 1.30. The van der Waals surface area contributed by atoms with E-state index in [1.54, 1.807) is 47.0 Å². The Labute approximate surface area is 171 Å². The number of rotatable bonds is 7. The van der Waals surface area contributed by atoms with Crippen LogP contribution in [0, 0.1) is 5.82 Å². The number of methoxy groups -OCH3 is 1. The van der Waals surface area contributed by atoms with Crippen LogP contribution in [0.5, 0.6) is 0 Å². The first-order chi connectivity index (χ1) is 14.0. The quantitative estimate of drug-likeness (QED) is 0.469. The third kappa shape index (κ3) is 4.80. The molecule has 1 amide bonds. The maximum atomic E-state index is 14.1. The Kier molecular flexibility index (Phi) is 6.61. The standard InChI is InChI=1S/C20H19FN4O3S/c1-3-25-18(15-9-4-5-10-16(15)21)23-24-20(25)29-12-17(26)22-14-8-6-7-13(11-14)19(27)28-2/h4-11H,3,12H2,1-2H3,(H,22,26). The summed E-state index contributed by atoms with van der Waals surface area (Å²) >= 11 is 1.20. The van der Waals surface area contributed by atoms with Crippen molar-refractivity contribution in [3.05, 3.63) is 59.9 Å². The lowest BCUT2D eigenvalue weighted by Gasteiger charge is -2.09. The summed E-state index contributed by atoms with van der Waals surface area (Å²) in [6.07, 6.45) is 0. The minimum atomic E-state index is -0.479. The van der Waals surface area contributed by atoms with Crippen molar-refractivity contribution in [1.82, 2.24) is 14.8 Å². The molecule has 3 aromatic rings. The number of carbonyl (C=O) groups excluding carboxylic acids is 2.